The Morgan fingerprint density at radius 1 is 1.16 bits per heavy atom. The minimum atomic E-state index is -0.00665. The molecule has 0 aromatic heterocycles. The zero-order valence-corrected chi connectivity index (χ0v) is 11.9. The van der Waals surface area contributed by atoms with Gasteiger partial charge in [0.1, 0.15) is 0 Å². The molecule has 2 heterocycles. The van der Waals surface area contributed by atoms with Gasteiger partial charge in [-0.3, -0.25) is 14.5 Å². The molecule has 3 fully saturated rings. The number of imide groups is 1. The molecule has 106 valence electrons. The smallest absolute Gasteiger partial charge is 0.233 e. The molecule has 0 bridgehead atoms. The van der Waals surface area contributed by atoms with Crippen molar-refractivity contribution in [1.82, 2.24) is 10.2 Å². The summed E-state index contributed by atoms with van der Waals surface area (Å²) in [7, 11) is 0. The van der Waals surface area contributed by atoms with E-state index in [0.29, 0.717) is 12.5 Å². The molecule has 0 aromatic rings. The van der Waals surface area contributed by atoms with Crippen molar-refractivity contribution in [3.63, 3.8) is 0 Å². The van der Waals surface area contributed by atoms with Gasteiger partial charge < -0.3 is 5.32 Å². The normalized spacial score (nSPS) is 37.8. The van der Waals surface area contributed by atoms with E-state index in [0.717, 1.165) is 38.8 Å². The number of rotatable bonds is 2. The molecule has 4 nitrogen and oxygen atoms in total. The lowest BCUT2D eigenvalue weighted by Gasteiger charge is -2.36. The number of nitrogens with one attached hydrogen (secondary N) is 1. The van der Waals surface area contributed by atoms with Gasteiger partial charge in [0.25, 0.3) is 0 Å². The number of carbonyl (C=O) groups excluding carboxylic acids is 2. The molecule has 2 amide bonds. The van der Waals surface area contributed by atoms with Crippen molar-refractivity contribution in [1.29, 1.82) is 0 Å². The zero-order chi connectivity index (χ0) is 13.6. The van der Waals surface area contributed by atoms with Crippen LogP contribution in [0.4, 0.5) is 0 Å². The lowest BCUT2D eigenvalue weighted by Crippen LogP contribution is -2.45. The Bertz CT molecular complexity index is 377. The molecule has 4 heteroatoms. The summed E-state index contributed by atoms with van der Waals surface area (Å²) in [5, 5.41) is 3.34. The number of piperidine rings is 1. The van der Waals surface area contributed by atoms with Crippen LogP contribution in [-0.4, -0.2) is 36.3 Å². The largest absolute Gasteiger partial charge is 0.317 e. The van der Waals surface area contributed by atoms with Crippen LogP contribution in [-0.2, 0) is 9.59 Å². The summed E-state index contributed by atoms with van der Waals surface area (Å²) in [4.78, 5) is 26.5. The maximum atomic E-state index is 12.4. The Kier molecular flexibility index (Phi) is 3.16. The fourth-order valence-corrected chi connectivity index (χ4v) is 4.07. The van der Waals surface area contributed by atoms with Crippen molar-refractivity contribution in [2.45, 2.75) is 39.5 Å². The third-order valence-electron chi connectivity index (χ3n) is 5.32. The third kappa shape index (κ3) is 2.20. The van der Waals surface area contributed by atoms with Gasteiger partial charge >= 0.3 is 0 Å². The molecule has 0 radical (unpaired) electrons. The Morgan fingerprint density at radius 3 is 2.21 bits per heavy atom. The highest BCUT2D eigenvalue weighted by atomic mass is 16.2. The maximum absolute atomic E-state index is 12.4. The number of nitrogens with zero attached hydrogens (tertiary/aromatic N) is 1. The number of hydrogen-bond acceptors (Lipinski definition) is 3. The summed E-state index contributed by atoms with van der Waals surface area (Å²) < 4.78 is 0. The van der Waals surface area contributed by atoms with Crippen LogP contribution in [0, 0.1) is 23.2 Å². The molecule has 2 saturated heterocycles. The van der Waals surface area contributed by atoms with Crippen molar-refractivity contribution in [3.05, 3.63) is 0 Å². The fraction of sp³-hybridized carbons (Fsp3) is 0.867. The van der Waals surface area contributed by atoms with E-state index in [2.05, 4.69) is 19.2 Å². The summed E-state index contributed by atoms with van der Waals surface area (Å²) in [6.07, 6.45) is 3.92. The second-order valence-electron chi connectivity index (χ2n) is 7.11. The van der Waals surface area contributed by atoms with Crippen molar-refractivity contribution in [2.24, 2.45) is 23.2 Å². The Hall–Kier alpha value is -0.900. The molecule has 1 N–H and O–H groups in total. The second kappa shape index (κ2) is 4.58. The second-order valence-corrected chi connectivity index (χ2v) is 7.11. The Morgan fingerprint density at radius 2 is 1.68 bits per heavy atom. The highest BCUT2D eigenvalue weighted by Crippen LogP contribution is 2.44. The first-order valence-electron chi connectivity index (χ1n) is 7.56. The summed E-state index contributed by atoms with van der Waals surface area (Å²) in [5.74, 6) is 0.735. The summed E-state index contributed by atoms with van der Waals surface area (Å²) in [6.45, 7) is 6.99. The van der Waals surface area contributed by atoms with Gasteiger partial charge in [-0.15, -0.1) is 0 Å². The molecule has 1 aliphatic carbocycles. The van der Waals surface area contributed by atoms with Crippen molar-refractivity contribution >= 4 is 11.8 Å². The Labute approximate surface area is 114 Å². The van der Waals surface area contributed by atoms with E-state index in [1.165, 1.54) is 0 Å². The molecule has 2 aliphatic heterocycles. The standard InChI is InChI=1S/C15H24N2O2/c1-10-7-11-12(8-10)14(19)17(13(11)18)9-15(2)3-5-16-6-4-15/h10-12,16H,3-9H2,1-2H3. The first-order chi connectivity index (χ1) is 9.00. The van der Waals surface area contributed by atoms with Gasteiger partial charge in [-0.05, 0) is 50.1 Å². The van der Waals surface area contributed by atoms with Gasteiger partial charge in [-0.2, -0.15) is 0 Å². The molecule has 19 heavy (non-hydrogen) atoms. The molecular weight excluding hydrogens is 240 g/mol. The first kappa shape index (κ1) is 13.1. The van der Waals surface area contributed by atoms with E-state index < -0.39 is 0 Å². The van der Waals surface area contributed by atoms with Crippen LogP contribution in [0.3, 0.4) is 0 Å². The van der Waals surface area contributed by atoms with Crippen LogP contribution in [0.15, 0.2) is 0 Å². The van der Waals surface area contributed by atoms with Gasteiger partial charge in [0.2, 0.25) is 11.8 Å². The fourth-order valence-electron chi connectivity index (χ4n) is 4.07. The molecule has 0 aromatic carbocycles. The average Bonchev–Trinajstić information content (AvgIpc) is 2.85. The number of hydrogen-bond donors (Lipinski definition) is 1. The van der Waals surface area contributed by atoms with E-state index >= 15 is 0 Å². The summed E-state index contributed by atoms with van der Waals surface area (Å²) in [6, 6.07) is 0. The first-order valence-corrected chi connectivity index (χ1v) is 7.56. The molecule has 1 saturated carbocycles. The van der Waals surface area contributed by atoms with E-state index in [1.54, 1.807) is 4.90 Å². The quantitative estimate of drug-likeness (QED) is 0.767. The third-order valence-corrected chi connectivity index (χ3v) is 5.32. The van der Waals surface area contributed by atoms with Gasteiger partial charge in [0.15, 0.2) is 0 Å². The van der Waals surface area contributed by atoms with Crippen LogP contribution >= 0.6 is 0 Å². The van der Waals surface area contributed by atoms with Crippen LogP contribution in [0.2, 0.25) is 0 Å². The van der Waals surface area contributed by atoms with Crippen LogP contribution in [0.5, 0.6) is 0 Å². The maximum Gasteiger partial charge on any atom is 0.233 e. The van der Waals surface area contributed by atoms with Gasteiger partial charge in [-0.25, -0.2) is 0 Å². The Balaban J connectivity index is 1.72. The summed E-state index contributed by atoms with van der Waals surface area (Å²) in [5.41, 5.74) is 0.112. The topological polar surface area (TPSA) is 49.4 Å². The van der Waals surface area contributed by atoms with E-state index in [9.17, 15) is 9.59 Å². The zero-order valence-electron chi connectivity index (χ0n) is 11.9. The summed E-state index contributed by atoms with van der Waals surface area (Å²) >= 11 is 0. The monoisotopic (exact) mass is 264 g/mol. The van der Waals surface area contributed by atoms with E-state index in [1.807, 2.05) is 0 Å². The number of fused-ring (bicyclic) bond motifs is 1. The molecule has 3 rings (SSSR count). The van der Waals surface area contributed by atoms with Gasteiger partial charge in [0, 0.05) is 6.54 Å². The predicted molar refractivity (Wildman–Crippen MR) is 72.3 cm³/mol. The SMILES string of the molecule is CC1CC2C(=O)N(CC3(C)CCNCC3)C(=O)C2C1. The van der Waals surface area contributed by atoms with Crippen molar-refractivity contribution in [3.8, 4) is 0 Å². The van der Waals surface area contributed by atoms with Gasteiger partial charge in [0.05, 0.1) is 11.8 Å². The van der Waals surface area contributed by atoms with Crippen LogP contribution < -0.4 is 5.32 Å². The minimum absolute atomic E-state index is 0.00665. The lowest BCUT2D eigenvalue weighted by atomic mass is 9.80. The van der Waals surface area contributed by atoms with Gasteiger partial charge in [-0.1, -0.05) is 13.8 Å². The molecule has 2 atom stereocenters. The van der Waals surface area contributed by atoms with E-state index in [4.69, 9.17) is 0 Å². The average molecular weight is 264 g/mol. The van der Waals surface area contributed by atoms with Crippen LogP contribution in [0.25, 0.3) is 0 Å². The van der Waals surface area contributed by atoms with Crippen molar-refractivity contribution in [2.75, 3.05) is 19.6 Å². The molecule has 3 aliphatic rings. The number of carbonyl (C=O) groups is 2. The minimum Gasteiger partial charge on any atom is -0.317 e. The lowest BCUT2D eigenvalue weighted by molar-refractivity contribution is -0.142. The van der Waals surface area contributed by atoms with Crippen LogP contribution in [0.1, 0.15) is 39.5 Å². The number of amides is 2. The van der Waals surface area contributed by atoms with E-state index in [-0.39, 0.29) is 29.1 Å². The molecule has 2 unspecified atom stereocenters. The molecular formula is C15H24N2O2. The number of likely N-dealkylation sites (tertiary alicyclic amines) is 1. The predicted octanol–water partition coefficient (Wildman–Crippen LogP) is 1.41. The highest BCUT2D eigenvalue weighted by Gasteiger charge is 2.52. The molecule has 0 spiro atoms. The highest BCUT2D eigenvalue weighted by molar-refractivity contribution is 6.05. The van der Waals surface area contributed by atoms with Crippen molar-refractivity contribution < 1.29 is 9.59 Å².